The molecule has 0 bridgehead atoms. The molecule has 1 saturated heterocycles. The lowest BCUT2D eigenvalue weighted by atomic mass is 9.88. The lowest BCUT2D eigenvalue weighted by Crippen LogP contribution is -2.36. The number of aryl methyl sites for hydroxylation is 1. The normalized spacial score (nSPS) is 12.8. The van der Waals surface area contributed by atoms with Crippen LogP contribution in [0.3, 0.4) is 0 Å². The van der Waals surface area contributed by atoms with Gasteiger partial charge in [0.1, 0.15) is 28.9 Å². The van der Waals surface area contributed by atoms with Crippen molar-refractivity contribution >= 4 is 21.6 Å². The van der Waals surface area contributed by atoms with E-state index in [1.807, 2.05) is 87.0 Å². The molecule has 7 rings (SSSR count). The van der Waals surface area contributed by atoms with E-state index >= 15 is 0 Å². The molecule has 75 heavy (non-hydrogen) atoms. The van der Waals surface area contributed by atoms with Gasteiger partial charge in [-0.2, -0.15) is 26.3 Å². The van der Waals surface area contributed by atoms with E-state index < -0.39 is 23.7 Å². The number of aromatic nitrogens is 8. The molecule has 0 amide bonds. The zero-order valence-corrected chi connectivity index (χ0v) is 47.3. The number of ether oxygens (including phenoxy) is 1. The fourth-order valence-corrected chi connectivity index (χ4v) is 6.15. The number of morpholine rings is 1. The topological polar surface area (TPSA) is 116 Å². The zero-order chi connectivity index (χ0) is 56.2. The van der Waals surface area contributed by atoms with E-state index in [2.05, 4.69) is 115 Å². The van der Waals surface area contributed by atoms with Gasteiger partial charge < -0.3 is 9.64 Å². The van der Waals surface area contributed by atoms with Crippen molar-refractivity contribution in [2.24, 2.45) is 0 Å². The molecule has 0 aliphatic carbocycles. The summed E-state index contributed by atoms with van der Waals surface area (Å²) in [6.45, 7) is 35.6. The Bertz CT molecular complexity index is 2450. The smallest absolute Gasteiger partial charge is 0.378 e. The Morgan fingerprint density at radius 1 is 0.533 bits per heavy atom. The standard InChI is InChI=1S/C11H17N3O.2C10H12F3N.C9H12FN.C9H13N.C7H9BrN2.CH4/c1-9(2)11-12-7-10(8-13-11)14-3-5-15-6-4-14;1-9(2,3)7-4-5-8(14-6-7)10(11,12)13;1-9(2,3)7-5-4-6-8(14-7)10(11,12)13;1-9(2,3)8-5-4-7(10)6-11-8;1-7(2)9-6-8(3)4-5-10-9;1-5(2)7-9-3-6(8)4-10-7;/h7-9H,3-6H2,1-2H3;2*4-6H,1-3H3;4-6H,1-3H3;4-7H,1-3H3;3-5H,1-2H3;1H4. The molecule has 7 heterocycles. The monoisotopic (exact) mass is 1120 g/mol. The van der Waals surface area contributed by atoms with E-state index in [4.69, 9.17) is 4.74 Å². The lowest BCUT2D eigenvalue weighted by molar-refractivity contribution is -0.142. The maximum Gasteiger partial charge on any atom is 0.433 e. The van der Waals surface area contributed by atoms with Crippen LogP contribution in [0.1, 0.15) is 180 Å². The van der Waals surface area contributed by atoms with Crippen molar-refractivity contribution in [2.45, 2.75) is 165 Å². The first kappa shape index (κ1) is 67.5. The van der Waals surface area contributed by atoms with E-state index in [9.17, 15) is 30.7 Å². The van der Waals surface area contributed by atoms with Crippen LogP contribution in [-0.4, -0.2) is 66.2 Å². The summed E-state index contributed by atoms with van der Waals surface area (Å²) in [5.41, 5.74) is 3.54. The minimum atomic E-state index is -4.36. The molecule has 1 aliphatic rings. The molecule has 0 atom stereocenters. The van der Waals surface area contributed by atoms with Crippen molar-refractivity contribution in [2.75, 3.05) is 31.2 Å². The van der Waals surface area contributed by atoms with Gasteiger partial charge in [-0.1, -0.05) is 123 Å². The Kier molecular flexibility index (Phi) is 27.3. The third-order valence-corrected chi connectivity index (χ3v) is 10.9. The Balaban J connectivity index is 0.000000452. The van der Waals surface area contributed by atoms with Crippen molar-refractivity contribution in [3.05, 3.63) is 160 Å². The summed E-state index contributed by atoms with van der Waals surface area (Å²) in [5.74, 6) is 2.87. The number of rotatable bonds is 4. The highest BCUT2D eigenvalue weighted by Gasteiger charge is 2.34. The number of pyridine rings is 4. The van der Waals surface area contributed by atoms with Gasteiger partial charge in [0.2, 0.25) is 0 Å². The van der Waals surface area contributed by atoms with Gasteiger partial charge >= 0.3 is 12.4 Å². The SMILES string of the molecule is C.CC(C)(C)c1ccc(C(F)(F)F)nc1.CC(C)(C)c1ccc(F)cn1.CC(C)(C)c1cccc(C(F)(F)F)n1.CC(C)c1ncc(Br)cn1.CC(C)c1ncc(N2CCOCC2)cn1.Cc1ccnc(C(C)C)c1. The average molecular weight is 1120 g/mol. The highest BCUT2D eigenvalue weighted by Crippen LogP contribution is 2.31. The molecule has 0 saturated carbocycles. The summed E-state index contributed by atoms with van der Waals surface area (Å²) in [6.07, 6.45) is 3.04. The Morgan fingerprint density at radius 3 is 1.40 bits per heavy atom. The van der Waals surface area contributed by atoms with Crippen LogP contribution < -0.4 is 4.90 Å². The first-order valence-electron chi connectivity index (χ1n) is 24.3. The molecule has 10 nitrogen and oxygen atoms in total. The number of nitrogens with zero attached hydrogens (tertiary/aromatic N) is 9. The molecule has 0 spiro atoms. The summed E-state index contributed by atoms with van der Waals surface area (Å²) < 4.78 is 92.0. The number of hydrogen-bond acceptors (Lipinski definition) is 10. The van der Waals surface area contributed by atoms with E-state index in [1.54, 1.807) is 24.5 Å². The van der Waals surface area contributed by atoms with Crippen LogP contribution in [0, 0.1) is 12.7 Å². The summed E-state index contributed by atoms with van der Waals surface area (Å²) in [6, 6.07) is 13.8. The van der Waals surface area contributed by atoms with E-state index in [-0.39, 0.29) is 29.5 Å². The van der Waals surface area contributed by atoms with Crippen molar-refractivity contribution in [1.29, 1.82) is 0 Å². The first-order chi connectivity index (χ1) is 34.1. The van der Waals surface area contributed by atoms with Crippen LogP contribution in [0.25, 0.3) is 0 Å². The summed E-state index contributed by atoms with van der Waals surface area (Å²) in [5, 5.41) is 0. The van der Waals surface area contributed by atoms with Crippen molar-refractivity contribution in [1.82, 2.24) is 39.9 Å². The summed E-state index contributed by atoms with van der Waals surface area (Å²) in [4.78, 5) is 34.4. The highest BCUT2D eigenvalue weighted by molar-refractivity contribution is 9.10. The maximum atomic E-state index is 12.4. The molecule has 6 aromatic rings. The molecule has 1 aliphatic heterocycles. The van der Waals surface area contributed by atoms with Gasteiger partial charge in [-0.25, -0.2) is 29.3 Å². The molecule has 0 aromatic carbocycles. The van der Waals surface area contributed by atoms with Crippen LogP contribution in [0.4, 0.5) is 36.4 Å². The predicted octanol–water partition coefficient (Wildman–Crippen LogP) is 16.3. The molecule has 1 fully saturated rings. The van der Waals surface area contributed by atoms with Crippen LogP contribution in [-0.2, 0) is 33.3 Å². The number of halogens is 8. The minimum absolute atomic E-state index is 0. The first-order valence-corrected chi connectivity index (χ1v) is 25.1. The number of hydrogen-bond donors (Lipinski definition) is 0. The molecule has 0 unspecified atom stereocenters. The molecule has 0 N–H and O–H groups in total. The quantitative estimate of drug-likeness (QED) is 0.158. The van der Waals surface area contributed by atoms with Gasteiger partial charge in [-0.15, -0.1) is 0 Å². The fourth-order valence-electron chi connectivity index (χ4n) is 5.94. The van der Waals surface area contributed by atoms with Gasteiger partial charge in [-0.3, -0.25) is 15.0 Å². The van der Waals surface area contributed by atoms with Crippen molar-refractivity contribution in [3.63, 3.8) is 0 Å². The summed E-state index contributed by atoms with van der Waals surface area (Å²) in [7, 11) is 0. The maximum absolute atomic E-state index is 12.4. The Labute approximate surface area is 450 Å². The fraction of sp³-hybridized carbons (Fsp3) is 0.509. The van der Waals surface area contributed by atoms with Gasteiger partial charge in [0.05, 0.1) is 42.0 Å². The van der Waals surface area contributed by atoms with E-state index in [0.29, 0.717) is 23.4 Å². The average Bonchev–Trinajstić information content (AvgIpc) is 3.32. The van der Waals surface area contributed by atoms with Crippen molar-refractivity contribution in [3.8, 4) is 0 Å². The second-order valence-corrected chi connectivity index (χ2v) is 22.2. The molecule has 0 radical (unpaired) electrons. The third kappa shape index (κ3) is 25.7. The molecule has 18 heteroatoms. The Hall–Kier alpha value is -5.49. The Morgan fingerprint density at radius 2 is 1.01 bits per heavy atom. The van der Waals surface area contributed by atoms with E-state index in [1.165, 1.54) is 41.9 Å². The lowest BCUT2D eigenvalue weighted by Gasteiger charge is -2.28. The van der Waals surface area contributed by atoms with Gasteiger partial charge in [0.15, 0.2) is 0 Å². The largest absolute Gasteiger partial charge is 0.433 e. The number of anilines is 1. The number of alkyl halides is 6. The molecular weight excluding hydrogens is 1040 g/mol. The van der Waals surface area contributed by atoms with Gasteiger partial charge in [0, 0.05) is 77.6 Å². The second-order valence-electron chi connectivity index (χ2n) is 21.3. The molecule has 6 aromatic heterocycles. The van der Waals surface area contributed by atoms with Crippen LogP contribution in [0.15, 0.2) is 102 Å². The van der Waals surface area contributed by atoms with Gasteiger partial charge in [0.25, 0.3) is 0 Å². The molecule has 414 valence electrons. The molecular formula is C57H79BrF7N9O. The van der Waals surface area contributed by atoms with Crippen molar-refractivity contribution < 1.29 is 35.5 Å². The third-order valence-electron chi connectivity index (χ3n) is 10.5. The second kappa shape index (κ2) is 30.3. The van der Waals surface area contributed by atoms with Crippen LogP contribution in [0.2, 0.25) is 0 Å². The van der Waals surface area contributed by atoms with Gasteiger partial charge in [-0.05, 0) is 87.8 Å². The predicted molar refractivity (Wildman–Crippen MR) is 292 cm³/mol. The minimum Gasteiger partial charge on any atom is -0.378 e. The zero-order valence-electron chi connectivity index (χ0n) is 45.8. The van der Waals surface area contributed by atoms with Crippen LogP contribution in [0.5, 0.6) is 0 Å². The van der Waals surface area contributed by atoms with E-state index in [0.717, 1.165) is 71.5 Å². The summed E-state index contributed by atoms with van der Waals surface area (Å²) >= 11 is 3.27. The van der Waals surface area contributed by atoms with Crippen LogP contribution >= 0.6 is 15.9 Å². The highest BCUT2D eigenvalue weighted by atomic mass is 79.9.